The number of hydrogen-bond donors (Lipinski definition) is 1. The van der Waals surface area contributed by atoms with E-state index in [-0.39, 0.29) is 11.1 Å². The fourth-order valence-corrected chi connectivity index (χ4v) is 1.95. The maximum atomic E-state index is 11.8. The van der Waals surface area contributed by atoms with Gasteiger partial charge >= 0.3 is 5.97 Å². The largest absolute Gasteiger partial charge is 0.478 e. The SMILES string of the molecule is CCc1ccc(-c2cc(C(=O)O)cc(=O)n2C)cc1. The molecule has 0 saturated heterocycles. The third-order valence-corrected chi connectivity index (χ3v) is 3.17. The zero-order valence-electron chi connectivity index (χ0n) is 10.9. The number of aryl methyl sites for hydroxylation is 1. The molecule has 0 fully saturated rings. The number of carboxylic acid groups (broad SMARTS) is 1. The van der Waals surface area contributed by atoms with Crippen LogP contribution in [0.3, 0.4) is 0 Å². The molecule has 2 aromatic rings. The second-order valence-electron chi connectivity index (χ2n) is 4.38. The highest BCUT2D eigenvalue weighted by Gasteiger charge is 2.10. The van der Waals surface area contributed by atoms with E-state index in [1.54, 1.807) is 7.05 Å². The normalized spacial score (nSPS) is 10.4. The molecule has 19 heavy (non-hydrogen) atoms. The number of pyridine rings is 1. The minimum Gasteiger partial charge on any atom is -0.478 e. The van der Waals surface area contributed by atoms with E-state index in [0.717, 1.165) is 18.1 Å². The molecule has 0 aliphatic rings. The zero-order chi connectivity index (χ0) is 14.0. The predicted molar refractivity (Wildman–Crippen MR) is 73.5 cm³/mol. The van der Waals surface area contributed by atoms with Crippen LogP contribution in [0.25, 0.3) is 11.3 Å². The van der Waals surface area contributed by atoms with Gasteiger partial charge in [-0.25, -0.2) is 4.79 Å². The fourth-order valence-electron chi connectivity index (χ4n) is 1.95. The van der Waals surface area contributed by atoms with Crippen molar-refractivity contribution in [2.24, 2.45) is 7.05 Å². The second kappa shape index (κ2) is 5.10. The van der Waals surface area contributed by atoms with Gasteiger partial charge in [0.05, 0.1) is 11.3 Å². The lowest BCUT2D eigenvalue weighted by Gasteiger charge is -2.09. The van der Waals surface area contributed by atoms with Crippen molar-refractivity contribution in [1.82, 2.24) is 4.57 Å². The molecule has 0 spiro atoms. The van der Waals surface area contributed by atoms with E-state index in [0.29, 0.717) is 5.69 Å². The van der Waals surface area contributed by atoms with Gasteiger partial charge in [-0.05, 0) is 23.6 Å². The van der Waals surface area contributed by atoms with Crippen LogP contribution in [-0.4, -0.2) is 15.6 Å². The Morgan fingerprint density at radius 1 is 1.21 bits per heavy atom. The molecule has 0 saturated carbocycles. The molecule has 1 heterocycles. The Hall–Kier alpha value is -2.36. The first-order valence-corrected chi connectivity index (χ1v) is 6.06. The number of hydrogen-bond acceptors (Lipinski definition) is 2. The number of rotatable bonds is 3. The van der Waals surface area contributed by atoms with Gasteiger partial charge in [0.1, 0.15) is 0 Å². The van der Waals surface area contributed by atoms with Gasteiger partial charge < -0.3 is 9.67 Å². The standard InChI is InChI=1S/C15H15NO3/c1-3-10-4-6-11(7-5-10)13-8-12(15(18)19)9-14(17)16(13)2/h4-9H,3H2,1-2H3,(H,18,19). The van der Waals surface area contributed by atoms with Crippen molar-refractivity contribution in [3.05, 3.63) is 57.9 Å². The van der Waals surface area contributed by atoms with Crippen molar-refractivity contribution in [3.8, 4) is 11.3 Å². The summed E-state index contributed by atoms with van der Waals surface area (Å²) in [7, 11) is 1.64. The smallest absolute Gasteiger partial charge is 0.335 e. The fraction of sp³-hybridized carbons (Fsp3) is 0.200. The average molecular weight is 257 g/mol. The number of aromatic nitrogens is 1. The zero-order valence-corrected chi connectivity index (χ0v) is 10.9. The Balaban J connectivity index is 2.59. The molecule has 0 radical (unpaired) electrons. The Kier molecular flexibility index (Phi) is 3.51. The number of aromatic carboxylic acids is 1. The number of benzene rings is 1. The summed E-state index contributed by atoms with van der Waals surface area (Å²) < 4.78 is 1.45. The first kappa shape index (κ1) is 13.1. The summed E-state index contributed by atoms with van der Waals surface area (Å²) in [6.07, 6.45) is 0.939. The van der Waals surface area contributed by atoms with Gasteiger partial charge in [0.2, 0.25) is 0 Å². The molecule has 0 aliphatic carbocycles. The number of carboxylic acids is 1. The van der Waals surface area contributed by atoms with Crippen LogP contribution in [0, 0.1) is 0 Å². The maximum Gasteiger partial charge on any atom is 0.335 e. The van der Waals surface area contributed by atoms with Crippen molar-refractivity contribution in [1.29, 1.82) is 0 Å². The lowest BCUT2D eigenvalue weighted by atomic mass is 10.1. The molecular formula is C15H15NO3. The maximum absolute atomic E-state index is 11.8. The summed E-state index contributed by atoms with van der Waals surface area (Å²) in [6, 6.07) is 10.4. The van der Waals surface area contributed by atoms with E-state index < -0.39 is 5.97 Å². The lowest BCUT2D eigenvalue weighted by Crippen LogP contribution is -2.19. The molecule has 0 aliphatic heterocycles. The molecule has 0 amide bonds. The highest BCUT2D eigenvalue weighted by atomic mass is 16.4. The molecule has 1 N–H and O–H groups in total. The van der Waals surface area contributed by atoms with Crippen LogP contribution in [0.5, 0.6) is 0 Å². The minimum atomic E-state index is -1.09. The van der Waals surface area contributed by atoms with Crippen molar-refractivity contribution < 1.29 is 9.90 Å². The predicted octanol–water partition coefficient (Wildman–Crippen LogP) is 2.31. The summed E-state index contributed by atoms with van der Waals surface area (Å²) in [5.41, 5.74) is 2.32. The van der Waals surface area contributed by atoms with Crippen LogP contribution in [0.1, 0.15) is 22.8 Å². The first-order chi connectivity index (χ1) is 9.02. The molecule has 2 rings (SSSR count). The van der Waals surface area contributed by atoms with E-state index in [1.807, 2.05) is 24.3 Å². The number of carbonyl (C=O) groups is 1. The van der Waals surface area contributed by atoms with Crippen molar-refractivity contribution in [2.75, 3.05) is 0 Å². The molecule has 4 heteroatoms. The molecule has 1 aromatic carbocycles. The van der Waals surface area contributed by atoms with Crippen LogP contribution in [-0.2, 0) is 13.5 Å². The van der Waals surface area contributed by atoms with E-state index in [1.165, 1.54) is 16.2 Å². The van der Waals surface area contributed by atoms with Crippen LogP contribution >= 0.6 is 0 Å². The van der Waals surface area contributed by atoms with Gasteiger partial charge in [0.25, 0.3) is 5.56 Å². The van der Waals surface area contributed by atoms with Crippen molar-refractivity contribution >= 4 is 5.97 Å². The Bertz CT molecular complexity index is 669. The van der Waals surface area contributed by atoms with E-state index in [9.17, 15) is 9.59 Å². The summed E-state index contributed by atoms with van der Waals surface area (Å²) in [5, 5.41) is 9.01. The first-order valence-electron chi connectivity index (χ1n) is 6.06. The molecule has 1 aromatic heterocycles. The molecule has 0 unspecified atom stereocenters. The summed E-state index contributed by atoms with van der Waals surface area (Å²) in [5.74, 6) is -1.09. The Morgan fingerprint density at radius 2 is 1.84 bits per heavy atom. The molecule has 0 bridgehead atoms. The number of nitrogens with zero attached hydrogens (tertiary/aromatic N) is 1. The summed E-state index contributed by atoms with van der Waals surface area (Å²) in [6.45, 7) is 2.07. The molecule has 4 nitrogen and oxygen atoms in total. The van der Waals surface area contributed by atoms with E-state index >= 15 is 0 Å². The minimum absolute atomic E-state index is 0.0117. The highest BCUT2D eigenvalue weighted by Crippen LogP contribution is 2.19. The lowest BCUT2D eigenvalue weighted by molar-refractivity contribution is 0.0696. The van der Waals surface area contributed by atoms with Crippen LogP contribution in [0.2, 0.25) is 0 Å². The van der Waals surface area contributed by atoms with Gasteiger partial charge in [-0.2, -0.15) is 0 Å². The quantitative estimate of drug-likeness (QED) is 0.917. The highest BCUT2D eigenvalue weighted by molar-refractivity contribution is 5.88. The second-order valence-corrected chi connectivity index (χ2v) is 4.38. The monoisotopic (exact) mass is 257 g/mol. The van der Waals surface area contributed by atoms with Crippen molar-refractivity contribution in [3.63, 3.8) is 0 Å². The third kappa shape index (κ3) is 2.57. The average Bonchev–Trinajstić information content (AvgIpc) is 2.41. The van der Waals surface area contributed by atoms with Gasteiger partial charge in [-0.15, -0.1) is 0 Å². The van der Waals surface area contributed by atoms with Crippen LogP contribution in [0.15, 0.2) is 41.2 Å². The van der Waals surface area contributed by atoms with Crippen molar-refractivity contribution in [2.45, 2.75) is 13.3 Å². The van der Waals surface area contributed by atoms with Gasteiger partial charge in [-0.3, -0.25) is 4.79 Å². The van der Waals surface area contributed by atoms with Gasteiger partial charge in [-0.1, -0.05) is 31.2 Å². The van der Waals surface area contributed by atoms with Crippen LogP contribution < -0.4 is 5.56 Å². The van der Waals surface area contributed by atoms with Crippen LogP contribution in [0.4, 0.5) is 0 Å². The summed E-state index contributed by atoms with van der Waals surface area (Å²) in [4.78, 5) is 22.8. The molecule has 98 valence electrons. The molecular weight excluding hydrogens is 242 g/mol. The Morgan fingerprint density at radius 3 is 2.37 bits per heavy atom. The van der Waals surface area contributed by atoms with E-state index in [2.05, 4.69) is 6.92 Å². The van der Waals surface area contributed by atoms with Gasteiger partial charge in [0.15, 0.2) is 0 Å². The van der Waals surface area contributed by atoms with Gasteiger partial charge in [0, 0.05) is 13.1 Å². The molecule has 0 atom stereocenters. The third-order valence-electron chi connectivity index (χ3n) is 3.17. The van der Waals surface area contributed by atoms with E-state index in [4.69, 9.17) is 5.11 Å². The Labute approximate surface area is 110 Å². The summed E-state index contributed by atoms with van der Waals surface area (Å²) >= 11 is 0. The topological polar surface area (TPSA) is 59.3 Å².